The molecule has 0 aliphatic carbocycles. The minimum absolute atomic E-state index is 0.0588. The van der Waals surface area contributed by atoms with E-state index in [0.717, 1.165) is 5.56 Å². The molecular weight excluding hydrogens is 560 g/mol. The van der Waals surface area contributed by atoms with Gasteiger partial charge in [-0.25, -0.2) is 19.7 Å². The molecule has 43 heavy (non-hydrogen) atoms. The van der Waals surface area contributed by atoms with Crippen molar-refractivity contribution >= 4 is 35.0 Å². The zero-order chi connectivity index (χ0) is 31.0. The lowest BCUT2D eigenvalue weighted by atomic mass is 10.1. The Morgan fingerprint density at radius 3 is 2.58 bits per heavy atom. The number of anilines is 1. The number of benzene rings is 1. The van der Waals surface area contributed by atoms with E-state index in [1.165, 1.54) is 18.3 Å². The van der Waals surface area contributed by atoms with Crippen LogP contribution in [0.15, 0.2) is 43.0 Å². The highest BCUT2D eigenvalue weighted by atomic mass is 16.8. The van der Waals surface area contributed by atoms with Crippen LogP contribution in [0.4, 0.5) is 10.6 Å². The van der Waals surface area contributed by atoms with Crippen molar-refractivity contribution in [3.05, 3.63) is 48.5 Å². The van der Waals surface area contributed by atoms with Crippen molar-refractivity contribution in [2.75, 3.05) is 25.2 Å². The zero-order valence-electron chi connectivity index (χ0n) is 25.0. The third kappa shape index (κ3) is 6.31. The highest BCUT2D eigenvalue weighted by Crippen LogP contribution is 2.47. The first kappa shape index (κ1) is 30.3. The molecule has 1 N–H and O–H groups in total. The van der Waals surface area contributed by atoms with Gasteiger partial charge in [0.25, 0.3) is 0 Å². The van der Waals surface area contributed by atoms with Gasteiger partial charge in [0.1, 0.15) is 30.6 Å². The molecule has 230 valence electrons. The van der Waals surface area contributed by atoms with Gasteiger partial charge in [0.15, 0.2) is 22.8 Å². The number of carbonyl (C=O) groups is 3. The van der Waals surface area contributed by atoms with E-state index >= 15 is 0 Å². The van der Waals surface area contributed by atoms with E-state index in [0.29, 0.717) is 11.2 Å². The van der Waals surface area contributed by atoms with Crippen LogP contribution in [0.3, 0.4) is 0 Å². The van der Waals surface area contributed by atoms with Gasteiger partial charge in [0, 0.05) is 6.54 Å². The van der Waals surface area contributed by atoms with Gasteiger partial charge >= 0.3 is 12.1 Å². The predicted molar refractivity (Wildman–Crippen MR) is 152 cm³/mol. The lowest BCUT2D eigenvalue weighted by Crippen LogP contribution is -2.46. The number of ether oxygens (including phenoxy) is 5. The van der Waals surface area contributed by atoms with Crippen molar-refractivity contribution in [1.29, 1.82) is 0 Å². The van der Waals surface area contributed by atoms with Crippen molar-refractivity contribution in [3.8, 4) is 0 Å². The lowest BCUT2D eigenvalue weighted by Gasteiger charge is -2.29. The first-order valence-electron chi connectivity index (χ1n) is 13.9. The minimum atomic E-state index is -1.20. The summed E-state index contributed by atoms with van der Waals surface area (Å²) in [5.74, 6) is -1.89. The van der Waals surface area contributed by atoms with Gasteiger partial charge in [-0.05, 0) is 40.2 Å². The fraction of sp³-hybridized carbons (Fsp3) is 0.517. The van der Waals surface area contributed by atoms with E-state index in [1.54, 1.807) is 45.5 Å². The molecule has 1 aromatic carbocycles. The summed E-state index contributed by atoms with van der Waals surface area (Å²) in [4.78, 5) is 52.2. The Labute approximate surface area is 248 Å². The number of hydrogen-bond donors (Lipinski definition) is 1. The summed E-state index contributed by atoms with van der Waals surface area (Å²) in [7, 11) is 1.22. The smallest absolute Gasteiger partial charge is 0.416 e. The Hall–Kier alpha value is -4.14. The second kappa shape index (κ2) is 11.5. The molecule has 2 aromatic heterocycles. The van der Waals surface area contributed by atoms with Crippen LogP contribution in [0.2, 0.25) is 0 Å². The second-order valence-corrected chi connectivity index (χ2v) is 11.8. The molecule has 5 rings (SSSR count). The fourth-order valence-corrected chi connectivity index (χ4v) is 5.21. The Balaban J connectivity index is 1.49. The number of methoxy groups -OCH3 is 1. The average molecular weight is 597 g/mol. The fourth-order valence-electron chi connectivity index (χ4n) is 5.21. The van der Waals surface area contributed by atoms with Crippen LogP contribution >= 0.6 is 0 Å². The average Bonchev–Trinajstić information content (AvgIpc) is 3.59. The van der Waals surface area contributed by atoms with Crippen LogP contribution in [0.25, 0.3) is 11.2 Å². The summed E-state index contributed by atoms with van der Waals surface area (Å²) in [6.45, 7) is 9.26. The number of fused-ring (bicyclic) bond motifs is 2. The van der Waals surface area contributed by atoms with Crippen molar-refractivity contribution in [1.82, 2.24) is 24.8 Å². The second-order valence-electron chi connectivity index (χ2n) is 11.8. The van der Waals surface area contributed by atoms with E-state index < -0.39 is 53.7 Å². The topological polar surface area (TPSA) is 156 Å². The maximum atomic E-state index is 13.5. The Morgan fingerprint density at radius 1 is 1.14 bits per heavy atom. The number of hydrogen-bond acceptors (Lipinski definition) is 11. The van der Waals surface area contributed by atoms with Gasteiger partial charge in [-0.1, -0.05) is 30.3 Å². The molecule has 3 atom stereocenters. The van der Waals surface area contributed by atoms with Crippen molar-refractivity contribution in [3.63, 3.8) is 0 Å². The molecule has 0 unspecified atom stereocenters. The SMILES string of the molecule is COC(=O)CC(=O)NC[C@H]1OC[C@]2(n3cnc4c(N(Cc5ccccc5)C(=O)OC(C)(C)C)ncnc43)OC(C)(C)O[C@H]12. The number of carbonyl (C=O) groups excluding carboxylic acids is 3. The van der Waals surface area contributed by atoms with Gasteiger partial charge in [0.05, 0.1) is 26.6 Å². The number of nitrogens with zero attached hydrogens (tertiary/aromatic N) is 5. The third-order valence-corrected chi connectivity index (χ3v) is 6.93. The van der Waals surface area contributed by atoms with Crippen LogP contribution in [0.1, 0.15) is 46.6 Å². The molecule has 2 saturated heterocycles. The molecule has 0 bridgehead atoms. The normalized spacial score (nSPS) is 22.7. The summed E-state index contributed by atoms with van der Waals surface area (Å²) in [5, 5.41) is 2.70. The van der Waals surface area contributed by atoms with Crippen LogP contribution in [-0.4, -0.2) is 81.3 Å². The van der Waals surface area contributed by atoms with Crippen molar-refractivity contribution < 1.29 is 38.1 Å². The Bertz CT molecular complexity index is 1500. The van der Waals surface area contributed by atoms with Crippen LogP contribution < -0.4 is 10.2 Å². The largest absolute Gasteiger partial charge is 0.469 e. The van der Waals surface area contributed by atoms with E-state index in [4.69, 9.17) is 18.9 Å². The van der Waals surface area contributed by atoms with Crippen molar-refractivity contribution in [2.45, 2.75) is 76.9 Å². The maximum Gasteiger partial charge on any atom is 0.416 e. The summed E-state index contributed by atoms with van der Waals surface area (Å²) in [5.41, 5.74) is -0.337. The van der Waals surface area contributed by atoms with Crippen LogP contribution in [0, 0.1) is 0 Å². The highest BCUT2D eigenvalue weighted by molar-refractivity contribution is 5.96. The molecule has 2 aliphatic rings. The first-order chi connectivity index (χ1) is 20.3. The number of rotatable bonds is 8. The Kier molecular flexibility index (Phi) is 8.11. The van der Waals surface area contributed by atoms with Crippen molar-refractivity contribution in [2.24, 2.45) is 0 Å². The third-order valence-electron chi connectivity index (χ3n) is 6.93. The Morgan fingerprint density at radius 2 is 1.88 bits per heavy atom. The van der Waals surface area contributed by atoms with Gasteiger partial charge in [-0.15, -0.1) is 0 Å². The molecule has 2 fully saturated rings. The summed E-state index contributed by atoms with van der Waals surface area (Å²) in [6.07, 6.45) is 0.616. The molecule has 2 amide bonds. The van der Waals surface area contributed by atoms with E-state index in [-0.39, 0.29) is 25.5 Å². The van der Waals surface area contributed by atoms with Gasteiger partial charge < -0.3 is 29.0 Å². The quantitative estimate of drug-likeness (QED) is 0.301. The van der Waals surface area contributed by atoms with Gasteiger partial charge in [-0.3, -0.25) is 19.1 Å². The molecule has 14 heteroatoms. The number of imidazole rings is 1. The molecule has 0 radical (unpaired) electrons. The van der Waals surface area contributed by atoms with E-state index in [2.05, 4.69) is 25.0 Å². The van der Waals surface area contributed by atoms with Crippen LogP contribution in [-0.2, 0) is 45.5 Å². The number of nitrogens with one attached hydrogen (secondary N) is 1. The molecule has 14 nitrogen and oxygen atoms in total. The molecule has 3 aromatic rings. The minimum Gasteiger partial charge on any atom is -0.469 e. The number of aromatic nitrogens is 4. The van der Waals surface area contributed by atoms with Gasteiger partial charge in [-0.2, -0.15) is 0 Å². The predicted octanol–water partition coefficient (Wildman–Crippen LogP) is 2.65. The molecule has 0 saturated carbocycles. The zero-order valence-corrected chi connectivity index (χ0v) is 25.0. The van der Waals surface area contributed by atoms with Crippen LogP contribution in [0.5, 0.6) is 0 Å². The maximum absolute atomic E-state index is 13.5. The van der Waals surface area contributed by atoms with E-state index in [1.807, 2.05) is 30.3 Å². The lowest BCUT2D eigenvalue weighted by molar-refractivity contribution is -0.204. The standard InChI is InChI=1S/C29H36N6O8/c1-27(2,3)42-26(38)34(14-18-10-8-7-9-11-18)24-22-25(32-16-31-24)35(17-33-22)29-15-40-19(23(29)41-28(4,5)43-29)13-30-20(36)12-21(37)39-6/h7-11,16-17,19,23H,12-15H2,1-6H3,(H,30,36)/t19-,23-,29+/m1/s1. The molecule has 4 heterocycles. The number of esters is 1. The first-order valence-corrected chi connectivity index (χ1v) is 13.9. The molecule has 0 spiro atoms. The molecular formula is C29H36N6O8. The summed E-state index contributed by atoms with van der Waals surface area (Å²) in [6, 6.07) is 9.49. The monoisotopic (exact) mass is 596 g/mol. The highest BCUT2D eigenvalue weighted by Gasteiger charge is 2.63. The van der Waals surface area contributed by atoms with Gasteiger partial charge in [0.2, 0.25) is 11.6 Å². The summed E-state index contributed by atoms with van der Waals surface area (Å²) >= 11 is 0. The summed E-state index contributed by atoms with van der Waals surface area (Å²) < 4.78 is 30.8. The molecule has 2 aliphatic heterocycles. The number of amides is 2. The van der Waals surface area contributed by atoms with E-state index in [9.17, 15) is 14.4 Å².